The fraction of sp³-hybridized carbons (Fsp3) is 0.143. The summed E-state index contributed by atoms with van der Waals surface area (Å²) in [6.07, 6.45) is 1.51. The summed E-state index contributed by atoms with van der Waals surface area (Å²) in [4.78, 5) is 12.9. The van der Waals surface area contributed by atoms with Crippen LogP contribution < -0.4 is 9.73 Å². The van der Waals surface area contributed by atoms with Gasteiger partial charge < -0.3 is 4.57 Å². The van der Waals surface area contributed by atoms with Crippen LogP contribution in [0.25, 0.3) is 5.69 Å². The van der Waals surface area contributed by atoms with E-state index in [1.807, 2.05) is 37.5 Å². The van der Waals surface area contributed by atoms with Crippen molar-refractivity contribution >= 4 is 62.6 Å². The summed E-state index contributed by atoms with van der Waals surface area (Å²) in [5, 5.41) is 5.37. The number of amides is 1. The van der Waals surface area contributed by atoms with Gasteiger partial charge in [0.15, 0.2) is 0 Å². The topological polar surface area (TPSA) is 83.8 Å². The van der Waals surface area contributed by atoms with Gasteiger partial charge in [-0.3, -0.25) is 9.10 Å². The van der Waals surface area contributed by atoms with Crippen molar-refractivity contribution in [1.29, 1.82) is 0 Å². The van der Waals surface area contributed by atoms with Crippen molar-refractivity contribution in [2.75, 3.05) is 10.8 Å². The average Bonchev–Trinajstić information content (AvgIpc) is 3.19. The number of aryl methyl sites for hydroxylation is 2. The molecule has 0 spiro atoms. The Kier molecular flexibility index (Phi) is 8.71. The lowest BCUT2D eigenvalue weighted by atomic mass is 10.2. The Balaban J connectivity index is 1.56. The minimum Gasteiger partial charge on any atom is -0.318 e. The lowest BCUT2D eigenvalue weighted by molar-refractivity contribution is -0.119. The second-order valence-electron chi connectivity index (χ2n) is 8.81. The molecular weight excluding hydrogens is 579 g/mol. The number of aromatic nitrogens is 1. The van der Waals surface area contributed by atoms with E-state index in [1.54, 1.807) is 42.5 Å². The maximum atomic E-state index is 13.5. The highest BCUT2D eigenvalue weighted by molar-refractivity contribution is 7.92. The van der Waals surface area contributed by atoms with Crippen LogP contribution in [0.2, 0.25) is 15.1 Å². The monoisotopic (exact) mass is 602 g/mol. The molecule has 1 heterocycles. The van der Waals surface area contributed by atoms with E-state index in [1.165, 1.54) is 24.4 Å². The Labute approximate surface area is 242 Å². The van der Waals surface area contributed by atoms with Gasteiger partial charge in [0, 0.05) is 27.7 Å². The van der Waals surface area contributed by atoms with E-state index in [0.29, 0.717) is 15.1 Å². The van der Waals surface area contributed by atoms with Crippen LogP contribution in [0.3, 0.4) is 0 Å². The molecule has 0 radical (unpaired) electrons. The number of sulfonamides is 1. The summed E-state index contributed by atoms with van der Waals surface area (Å²) in [6.45, 7) is 5.15. The zero-order valence-electron chi connectivity index (χ0n) is 21.3. The Hall–Kier alpha value is -3.30. The number of carbonyl (C=O) groups is 1. The molecule has 4 rings (SSSR count). The van der Waals surface area contributed by atoms with E-state index in [-0.39, 0.29) is 10.6 Å². The molecule has 0 unspecified atom stereocenters. The van der Waals surface area contributed by atoms with Gasteiger partial charge in [-0.15, -0.1) is 0 Å². The molecule has 4 aromatic rings. The van der Waals surface area contributed by atoms with Gasteiger partial charge in [-0.2, -0.15) is 5.10 Å². The third kappa shape index (κ3) is 6.31. The molecule has 3 aromatic carbocycles. The number of anilines is 1. The molecule has 0 saturated carbocycles. The zero-order chi connectivity index (χ0) is 28.3. The molecule has 0 aliphatic heterocycles. The van der Waals surface area contributed by atoms with Gasteiger partial charge in [0.2, 0.25) is 0 Å². The summed E-state index contributed by atoms with van der Waals surface area (Å²) < 4.78 is 29.9. The number of rotatable bonds is 8. The molecule has 1 aromatic heterocycles. The second-order valence-corrected chi connectivity index (χ2v) is 11.9. The van der Waals surface area contributed by atoms with Crippen molar-refractivity contribution in [3.05, 3.63) is 110 Å². The molecule has 0 aliphatic carbocycles. The molecule has 11 heteroatoms. The van der Waals surface area contributed by atoms with Gasteiger partial charge in [0.05, 0.1) is 26.8 Å². The molecule has 39 heavy (non-hydrogen) atoms. The van der Waals surface area contributed by atoms with E-state index in [2.05, 4.69) is 10.5 Å². The largest absolute Gasteiger partial charge is 0.318 e. The molecular formula is C28H25Cl3N4O3S. The summed E-state index contributed by atoms with van der Waals surface area (Å²) in [7, 11) is -4.06. The SMILES string of the molecule is Cc1ccc(N(CC(=O)N/N=C/c2cc(C)n(-c3ccc(Cl)c(Cl)c3)c2C)S(=O)(=O)c2ccccc2)cc1Cl. The number of nitrogens with one attached hydrogen (secondary N) is 1. The first-order chi connectivity index (χ1) is 18.5. The van der Waals surface area contributed by atoms with Crippen molar-refractivity contribution in [3.63, 3.8) is 0 Å². The van der Waals surface area contributed by atoms with Gasteiger partial charge in [-0.05, 0) is 74.9 Å². The Morgan fingerprint density at radius 2 is 1.64 bits per heavy atom. The van der Waals surface area contributed by atoms with Gasteiger partial charge in [0.1, 0.15) is 6.54 Å². The number of nitrogens with zero attached hydrogens (tertiary/aromatic N) is 3. The molecule has 7 nitrogen and oxygen atoms in total. The lowest BCUT2D eigenvalue weighted by Gasteiger charge is -2.24. The number of hydrazone groups is 1. The molecule has 0 bridgehead atoms. The van der Waals surface area contributed by atoms with Crippen molar-refractivity contribution in [3.8, 4) is 5.69 Å². The minimum atomic E-state index is -4.06. The number of benzene rings is 3. The molecule has 1 amide bonds. The third-order valence-electron chi connectivity index (χ3n) is 6.09. The summed E-state index contributed by atoms with van der Waals surface area (Å²) >= 11 is 18.5. The Morgan fingerprint density at radius 1 is 0.923 bits per heavy atom. The van der Waals surface area contributed by atoms with E-state index < -0.39 is 22.5 Å². The van der Waals surface area contributed by atoms with Crippen LogP contribution in [0.5, 0.6) is 0 Å². The van der Waals surface area contributed by atoms with Crippen LogP contribution in [0.4, 0.5) is 5.69 Å². The van der Waals surface area contributed by atoms with Crippen LogP contribution in [-0.2, 0) is 14.8 Å². The van der Waals surface area contributed by atoms with E-state index in [0.717, 1.165) is 32.5 Å². The predicted molar refractivity (Wildman–Crippen MR) is 158 cm³/mol. The van der Waals surface area contributed by atoms with E-state index in [9.17, 15) is 13.2 Å². The fourth-order valence-corrected chi connectivity index (χ4v) is 5.95. The van der Waals surface area contributed by atoms with Crippen molar-refractivity contribution in [2.24, 2.45) is 5.10 Å². The molecule has 0 aliphatic rings. The Bertz CT molecular complexity index is 1670. The van der Waals surface area contributed by atoms with Gasteiger partial charge in [0.25, 0.3) is 15.9 Å². The number of hydrogen-bond acceptors (Lipinski definition) is 4. The van der Waals surface area contributed by atoms with Gasteiger partial charge in [-0.25, -0.2) is 13.8 Å². The maximum Gasteiger partial charge on any atom is 0.264 e. The highest BCUT2D eigenvalue weighted by atomic mass is 35.5. The van der Waals surface area contributed by atoms with Crippen molar-refractivity contribution < 1.29 is 13.2 Å². The quantitative estimate of drug-likeness (QED) is 0.180. The first-order valence-corrected chi connectivity index (χ1v) is 14.4. The maximum absolute atomic E-state index is 13.5. The summed E-state index contributed by atoms with van der Waals surface area (Å²) in [5.41, 5.74) is 6.87. The smallest absolute Gasteiger partial charge is 0.264 e. The van der Waals surface area contributed by atoms with Crippen LogP contribution in [0, 0.1) is 20.8 Å². The van der Waals surface area contributed by atoms with Crippen LogP contribution >= 0.6 is 34.8 Å². The highest BCUT2D eigenvalue weighted by Crippen LogP contribution is 2.29. The first kappa shape index (κ1) is 28.7. The average molecular weight is 604 g/mol. The molecule has 0 fully saturated rings. The number of hydrogen-bond donors (Lipinski definition) is 1. The van der Waals surface area contributed by atoms with Crippen LogP contribution in [0.15, 0.2) is 82.8 Å². The molecule has 202 valence electrons. The van der Waals surface area contributed by atoms with Crippen molar-refractivity contribution in [2.45, 2.75) is 25.7 Å². The first-order valence-electron chi connectivity index (χ1n) is 11.8. The highest BCUT2D eigenvalue weighted by Gasteiger charge is 2.27. The fourth-order valence-electron chi connectivity index (χ4n) is 4.05. The predicted octanol–water partition coefficient (Wildman–Crippen LogP) is 6.71. The van der Waals surface area contributed by atoms with Crippen LogP contribution in [-0.4, -0.2) is 31.7 Å². The molecule has 0 saturated heterocycles. The molecule has 1 N–H and O–H groups in total. The van der Waals surface area contributed by atoms with Crippen LogP contribution in [0.1, 0.15) is 22.5 Å². The second kappa shape index (κ2) is 11.8. The minimum absolute atomic E-state index is 0.0488. The lowest BCUT2D eigenvalue weighted by Crippen LogP contribution is -2.39. The summed E-state index contributed by atoms with van der Waals surface area (Å²) in [5.74, 6) is -0.624. The number of carbonyl (C=O) groups excluding carboxylic acids is 1. The molecule has 0 atom stereocenters. The van der Waals surface area contributed by atoms with Gasteiger partial charge in [-0.1, -0.05) is 59.1 Å². The normalized spacial score (nSPS) is 11.6. The van der Waals surface area contributed by atoms with E-state index in [4.69, 9.17) is 34.8 Å². The Morgan fingerprint density at radius 3 is 2.31 bits per heavy atom. The summed E-state index contributed by atoms with van der Waals surface area (Å²) in [6, 6.07) is 20.0. The number of halogens is 3. The van der Waals surface area contributed by atoms with Crippen molar-refractivity contribution in [1.82, 2.24) is 9.99 Å². The zero-order valence-corrected chi connectivity index (χ0v) is 24.4. The van der Waals surface area contributed by atoms with E-state index >= 15 is 0 Å². The van der Waals surface area contributed by atoms with Gasteiger partial charge >= 0.3 is 0 Å². The standard InChI is InChI=1S/C28H25Cl3N4O3S/c1-18-9-10-22(14-26(18)30)34(39(37,38)24-7-5-4-6-8-24)17-28(36)33-32-16-21-13-19(2)35(20(21)3)23-11-12-25(29)27(31)15-23/h4-16H,17H2,1-3H3,(H,33,36)/b32-16+. The third-order valence-corrected chi connectivity index (χ3v) is 9.02.